The average molecular weight is 453 g/mol. The number of nitrogens with zero attached hydrogens (tertiary/aromatic N) is 2. The summed E-state index contributed by atoms with van der Waals surface area (Å²) < 4.78 is 31.6. The van der Waals surface area contributed by atoms with Gasteiger partial charge in [0.25, 0.3) is 5.91 Å². The Morgan fingerprint density at radius 3 is 2.12 bits per heavy atom. The topological polar surface area (TPSA) is 66.9 Å². The minimum Gasteiger partial charge on any atom is -0.496 e. The number of rotatable bonds is 8. The van der Waals surface area contributed by atoms with Crippen molar-refractivity contribution >= 4 is 21.6 Å². The molecule has 0 radical (unpaired) electrons. The Labute approximate surface area is 190 Å². The Hall–Kier alpha value is -3.32. The van der Waals surface area contributed by atoms with Gasteiger partial charge in [-0.05, 0) is 42.8 Å². The molecule has 0 aliphatic heterocycles. The molecule has 168 valence electrons. The highest BCUT2D eigenvalue weighted by Gasteiger charge is 2.19. The molecule has 6 nitrogen and oxygen atoms in total. The van der Waals surface area contributed by atoms with E-state index in [2.05, 4.69) is 0 Å². The second-order valence-corrected chi connectivity index (χ2v) is 9.68. The summed E-state index contributed by atoms with van der Waals surface area (Å²) in [6.45, 7) is 2.60. The van der Waals surface area contributed by atoms with Crippen LogP contribution in [0.2, 0.25) is 0 Å². The molecule has 0 atom stereocenters. The van der Waals surface area contributed by atoms with Crippen LogP contribution in [0.5, 0.6) is 5.75 Å². The summed E-state index contributed by atoms with van der Waals surface area (Å²) >= 11 is 0. The lowest BCUT2D eigenvalue weighted by atomic mass is 10.1. The van der Waals surface area contributed by atoms with Crippen molar-refractivity contribution in [3.8, 4) is 5.75 Å². The quantitative estimate of drug-likeness (QED) is 0.513. The Morgan fingerprint density at radius 2 is 1.53 bits per heavy atom. The molecule has 32 heavy (non-hydrogen) atoms. The average Bonchev–Trinajstić information content (AvgIpc) is 2.78. The van der Waals surface area contributed by atoms with Gasteiger partial charge in [0.1, 0.15) is 5.75 Å². The van der Waals surface area contributed by atoms with Gasteiger partial charge in [-0.3, -0.25) is 9.10 Å². The molecule has 7 heteroatoms. The van der Waals surface area contributed by atoms with Crippen LogP contribution >= 0.6 is 0 Å². The van der Waals surface area contributed by atoms with E-state index in [-0.39, 0.29) is 12.5 Å². The number of methoxy groups -OCH3 is 1. The fourth-order valence-corrected chi connectivity index (χ4v) is 4.30. The van der Waals surface area contributed by atoms with Gasteiger partial charge >= 0.3 is 0 Å². The van der Waals surface area contributed by atoms with Crippen LogP contribution in [-0.4, -0.2) is 39.6 Å². The highest BCUT2D eigenvalue weighted by atomic mass is 32.2. The van der Waals surface area contributed by atoms with Gasteiger partial charge in [0, 0.05) is 24.7 Å². The first-order valence-electron chi connectivity index (χ1n) is 10.2. The fourth-order valence-electron chi connectivity index (χ4n) is 3.41. The first kappa shape index (κ1) is 23.3. The molecule has 3 rings (SSSR count). The Bertz CT molecular complexity index is 1170. The highest BCUT2D eigenvalue weighted by molar-refractivity contribution is 7.92. The van der Waals surface area contributed by atoms with E-state index in [0.717, 1.165) is 22.4 Å². The van der Waals surface area contributed by atoms with Crippen LogP contribution < -0.4 is 9.04 Å². The number of aryl methyl sites for hydroxylation is 1. The van der Waals surface area contributed by atoms with Gasteiger partial charge < -0.3 is 9.64 Å². The monoisotopic (exact) mass is 452 g/mol. The van der Waals surface area contributed by atoms with Gasteiger partial charge in [-0.15, -0.1) is 0 Å². The summed E-state index contributed by atoms with van der Waals surface area (Å²) in [4.78, 5) is 14.5. The first-order chi connectivity index (χ1) is 15.2. The molecule has 0 fully saturated rings. The van der Waals surface area contributed by atoms with Crippen molar-refractivity contribution in [3.63, 3.8) is 0 Å². The summed E-state index contributed by atoms with van der Waals surface area (Å²) in [5, 5.41) is 0. The number of sulfonamides is 1. The van der Waals surface area contributed by atoms with E-state index in [1.54, 1.807) is 43.3 Å². The normalized spacial score (nSPS) is 11.1. The third-order valence-electron chi connectivity index (χ3n) is 5.20. The molecule has 0 heterocycles. The van der Waals surface area contributed by atoms with E-state index in [9.17, 15) is 13.2 Å². The van der Waals surface area contributed by atoms with E-state index in [0.29, 0.717) is 17.8 Å². The minimum absolute atomic E-state index is 0.160. The predicted octanol–water partition coefficient (Wildman–Crippen LogP) is 4.24. The van der Waals surface area contributed by atoms with Crippen LogP contribution in [0.25, 0.3) is 0 Å². The van der Waals surface area contributed by atoms with Crippen LogP contribution in [0.1, 0.15) is 27.0 Å². The van der Waals surface area contributed by atoms with Crippen molar-refractivity contribution in [2.24, 2.45) is 0 Å². The Kier molecular flexibility index (Phi) is 7.20. The first-order valence-corrected chi connectivity index (χ1v) is 12.0. The zero-order valence-electron chi connectivity index (χ0n) is 18.8. The van der Waals surface area contributed by atoms with E-state index in [1.807, 2.05) is 55.5 Å². The van der Waals surface area contributed by atoms with Gasteiger partial charge in [0.05, 0.1) is 25.6 Å². The van der Waals surface area contributed by atoms with Crippen LogP contribution in [0.4, 0.5) is 5.69 Å². The zero-order valence-corrected chi connectivity index (χ0v) is 19.6. The highest BCUT2D eigenvalue weighted by Crippen LogP contribution is 2.23. The lowest BCUT2D eigenvalue weighted by Crippen LogP contribution is -2.29. The zero-order chi connectivity index (χ0) is 23.3. The van der Waals surface area contributed by atoms with E-state index >= 15 is 0 Å². The molecule has 0 saturated carbocycles. The summed E-state index contributed by atoms with van der Waals surface area (Å²) in [7, 11) is -0.174. The molecule has 0 unspecified atom stereocenters. The number of carbonyl (C=O) groups excluding carboxylic acids is 1. The van der Waals surface area contributed by atoms with Crippen molar-refractivity contribution in [1.29, 1.82) is 0 Å². The second-order valence-electron chi connectivity index (χ2n) is 7.78. The van der Waals surface area contributed by atoms with E-state index in [4.69, 9.17) is 4.74 Å². The largest absolute Gasteiger partial charge is 0.496 e. The molecular formula is C25H28N2O4S. The Balaban J connectivity index is 1.78. The molecule has 0 aliphatic carbocycles. The SMILES string of the molecule is COc1ccccc1CN(C)C(=O)c1ccc(N(Cc2ccc(C)cc2)S(C)(=O)=O)cc1. The predicted molar refractivity (Wildman–Crippen MR) is 127 cm³/mol. The lowest BCUT2D eigenvalue weighted by molar-refractivity contribution is 0.0784. The van der Waals surface area contributed by atoms with Gasteiger partial charge in [-0.1, -0.05) is 48.0 Å². The summed E-state index contributed by atoms with van der Waals surface area (Å²) in [5.74, 6) is 0.564. The maximum Gasteiger partial charge on any atom is 0.253 e. The van der Waals surface area contributed by atoms with E-state index < -0.39 is 10.0 Å². The number of benzene rings is 3. The lowest BCUT2D eigenvalue weighted by Gasteiger charge is -2.23. The van der Waals surface area contributed by atoms with Gasteiger partial charge in [0.15, 0.2) is 0 Å². The number of hydrogen-bond donors (Lipinski definition) is 0. The van der Waals surface area contributed by atoms with Crippen LogP contribution in [-0.2, 0) is 23.1 Å². The van der Waals surface area contributed by atoms with Gasteiger partial charge in [0.2, 0.25) is 10.0 Å². The van der Waals surface area contributed by atoms with Crippen molar-refractivity contribution in [2.75, 3.05) is 24.7 Å². The molecule has 0 saturated heterocycles. The number of para-hydroxylation sites is 1. The van der Waals surface area contributed by atoms with Crippen LogP contribution in [0.3, 0.4) is 0 Å². The number of hydrogen-bond acceptors (Lipinski definition) is 4. The molecule has 0 spiro atoms. The number of anilines is 1. The molecule has 0 aliphatic rings. The van der Waals surface area contributed by atoms with Crippen molar-refractivity contribution in [3.05, 3.63) is 95.1 Å². The molecule has 0 bridgehead atoms. The van der Waals surface area contributed by atoms with Crippen molar-refractivity contribution in [1.82, 2.24) is 4.90 Å². The van der Waals surface area contributed by atoms with Crippen molar-refractivity contribution in [2.45, 2.75) is 20.0 Å². The van der Waals surface area contributed by atoms with Gasteiger partial charge in [-0.2, -0.15) is 0 Å². The summed E-state index contributed by atoms with van der Waals surface area (Å²) in [6.07, 6.45) is 1.18. The number of ether oxygens (including phenoxy) is 1. The third-order valence-corrected chi connectivity index (χ3v) is 6.34. The standard InChI is InChI=1S/C25H28N2O4S/c1-19-9-11-20(12-10-19)17-27(32(4,29)30)23-15-13-21(14-16-23)25(28)26(2)18-22-7-5-6-8-24(22)31-3/h5-16H,17-18H2,1-4H3. The minimum atomic E-state index is -3.50. The maximum atomic E-state index is 12.9. The molecule has 0 N–H and O–H groups in total. The van der Waals surface area contributed by atoms with Gasteiger partial charge in [-0.25, -0.2) is 8.42 Å². The van der Waals surface area contributed by atoms with Crippen LogP contribution in [0.15, 0.2) is 72.8 Å². The maximum absolute atomic E-state index is 12.9. The van der Waals surface area contributed by atoms with Crippen molar-refractivity contribution < 1.29 is 17.9 Å². The molecular weight excluding hydrogens is 424 g/mol. The molecule has 1 amide bonds. The molecule has 3 aromatic rings. The summed E-state index contributed by atoms with van der Waals surface area (Å²) in [6, 6.07) is 21.9. The molecule has 3 aromatic carbocycles. The second kappa shape index (κ2) is 9.87. The Morgan fingerprint density at radius 1 is 0.906 bits per heavy atom. The van der Waals surface area contributed by atoms with Crippen LogP contribution in [0, 0.1) is 6.92 Å². The fraction of sp³-hybridized carbons (Fsp3) is 0.240. The number of carbonyl (C=O) groups is 1. The smallest absolute Gasteiger partial charge is 0.253 e. The van der Waals surface area contributed by atoms with E-state index in [1.165, 1.54) is 10.6 Å². The third kappa shape index (κ3) is 5.68. The summed E-state index contributed by atoms with van der Waals surface area (Å²) in [5.41, 5.74) is 3.90. The molecule has 0 aromatic heterocycles. The number of amides is 1.